The molecule has 30 heavy (non-hydrogen) atoms. The SMILES string of the molecule is CCC(=O)N[C@@H](CSc1c2ccccc2cn1C(CCP(=O)(O)O)C(=O)O)C(=O)O. The number of carboxylic acid groups (broad SMARTS) is 2. The fourth-order valence-electron chi connectivity index (χ4n) is 2.84. The zero-order valence-electron chi connectivity index (χ0n) is 16.1. The highest BCUT2D eigenvalue weighted by molar-refractivity contribution is 7.99. The third-order valence-corrected chi connectivity index (χ3v) is 6.40. The van der Waals surface area contributed by atoms with Crippen molar-refractivity contribution >= 4 is 48.0 Å². The van der Waals surface area contributed by atoms with Gasteiger partial charge in [-0.05, 0) is 6.42 Å². The highest BCUT2D eigenvalue weighted by Crippen LogP contribution is 2.39. The molecule has 0 radical (unpaired) electrons. The monoisotopic (exact) mass is 458 g/mol. The van der Waals surface area contributed by atoms with Gasteiger partial charge in [0.25, 0.3) is 0 Å². The summed E-state index contributed by atoms with van der Waals surface area (Å²) in [6, 6.07) is 4.58. The molecule has 0 aliphatic heterocycles. The van der Waals surface area contributed by atoms with Gasteiger partial charge in [-0.25, -0.2) is 9.59 Å². The maximum atomic E-state index is 11.8. The molecule has 0 aliphatic carbocycles. The molecular formula is C18H23N2O8PS. The Balaban J connectivity index is 2.39. The molecule has 1 aromatic heterocycles. The zero-order chi connectivity index (χ0) is 22.5. The molecule has 2 atom stereocenters. The summed E-state index contributed by atoms with van der Waals surface area (Å²) in [5.41, 5.74) is 0. The number of nitrogens with one attached hydrogen (secondary N) is 1. The molecule has 0 saturated carbocycles. The van der Waals surface area contributed by atoms with E-state index < -0.39 is 43.7 Å². The number of carbonyl (C=O) groups excluding carboxylic acids is 1. The molecule has 1 amide bonds. The van der Waals surface area contributed by atoms with Crippen LogP contribution >= 0.6 is 19.4 Å². The molecule has 0 bridgehead atoms. The maximum Gasteiger partial charge on any atom is 0.327 e. The lowest BCUT2D eigenvalue weighted by molar-refractivity contribution is -0.141. The summed E-state index contributed by atoms with van der Waals surface area (Å²) in [6.07, 6.45) is 0.781. The van der Waals surface area contributed by atoms with Crippen molar-refractivity contribution < 1.29 is 38.9 Å². The summed E-state index contributed by atoms with van der Waals surface area (Å²) in [5.74, 6) is -2.96. The maximum absolute atomic E-state index is 11.8. The van der Waals surface area contributed by atoms with E-state index in [1.165, 1.54) is 4.57 Å². The van der Waals surface area contributed by atoms with Gasteiger partial charge in [-0.3, -0.25) is 9.36 Å². The van der Waals surface area contributed by atoms with Crippen LogP contribution in [-0.2, 0) is 18.9 Å². The predicted octanol–water partition coefficient (Wildman–Crippen LogP) is 1.91. The molecule has 5 N–H and O–H groups in total. The fourth-order valence-corrected chi connectivity index (χ4v) is 4.64. The van der Waals surface area contributed by atoms with Gasteiger partial charge in [0, 0.05) is 29.1 Å². The van der Waals surface area contributed by atoms with Gasteiger partial charge in [-0.2, -0.15) is 0 Å². The topological polar surface area (TPSA) is 166 Å². The lowest BCUT2D eigenvalue weighted by Gasteiger charge is -2.19. The van der Waals surface area contributed by atoms with Crippen LogP contribution < -0.4 is 5.32 Å². The number of thioether (sulfide) groups is 1. The number of hydrogen-bond acceptors (Lipinski definition) is 5. The number of benzene rings is 1. The standard InChI is InChI=1S/C18H23N2O8PS/c1-2-15(21)19-13(17(22)23)10-30-16-12-6-4-3-5-11(12)9-20(16)14(18(24)25)7-8-29(26,27)28/h3-6,9,13-14H,2,7-8,10H2,1H3,(H,19,21)(H,22,23)(H,24,25)(H2,26,27,28)/t13-,14?/m0/s1. The molecule has 164 valence electrons. The summed E-state index contributed by atoms with van der Waals surface area (Å²) in [5, 5.41) is 23.3. The van der Waals surface area contributed by atoms with Crippen LogP contribution in [0.3, 0.4) is 0 Å². The number of carbonyl (C=O) groups is 3. The minimum atomic E-state index is -4.40. The van der Waals surface area contributed by atoms with Crippen LogP contribution in [0.5, 0.6) is 0 Å². The second kappa shape index (κ2) is 10.1. The Bertz CT molecular complexity index is 986. The van der Waals surface area contributed by atoms with Crippen LogP contribution in [-0.4, -0.2) is 60.4 Å². The lowest BCUT2D eigenvalue weighted by atomic mass is 10.2. The zero-order valence-corrected chi connectivity index (χ0v) is 17.8. The van der Waals surface area contributed by atoms with Crippen LogP contribution in [0.1, 0.15) is 25.8 Å². The number of carboxylic acids is 2. The highest BCUT2D eigenvalue weighted by Gasteiger charge is 2.28. The summed E-state index contributed by atoms with van der Waals surface area (Å²) >= 11 is 1.06. The van der Waals surface area contributed by atoms with Gasteiger partial charge in [0.1, 0.15) is 12.1 Å². The Morgan fingerprint density at radius 3 is 2.40 bits per heavy atom. The Morgan fingerprint density at radius 2 is 1.83 bits per heavy atom. The van der Waals surface area contributed by atoms with Crippen LogP contribution in [0, 0.1) is 0 Å². The Morgan fingerprint density at radius 1 is 1.17 bits per heavy atom. The second-order valence-corrected chi connectivity index (χ2v) is 9.37. The smallest absolute Gasteiger partial charge is 0.327 e. The van der Waals surface area contributed by atoms with Gasteiger partial charge in [0.2, 0.25) is 5.91 Å². The summed E-state index contributed by atoms with van der Waals surface area (Å²) in [4.78, 5) is 53.2. The van der Waals surface area contributed by atoms with E-state index in [2.05, 4.69) is 5.32 Å². The van der Waals surface area contributed by atoms with Crippen molar-refractivity contribution in [3.05, 3.63) is 30.5 Å². The molecule has 0 saturated heterocycles. The van der Waals surface area contributed by atoms with E-state index in [9.17, 15) is 29.2 Å². The third kappa shape index (κ3) is 6.33. The third-order valence-electron chi connectivity index (χ3n) is 4.36. The first kappa shape index (κ1) is 23.9. The minimum Gasteiger partial charge on any atom is -0.480 e. The van der Waals surface area contributed by atoms with Crippen molar-refractivity contribution in [1.82, 2.24) is 9.88 Å². The van der Waals surface area contributed by atoms with Gasteiger partial charge in [-0.1, -0.05) is 31.2 Å². The molecule has 2 rings (SSSR count). The fraction of sp³-hybridized carbons (Fsp3) is 0.389. The normalized spacial score (nSPS) is 13.7. The number of rotatable bonds is 11. The highest BCUT2D eigenvalue weighted by atomic mass is 32.2. The quantitative estimate of drug-likeness (QED) is 0.250. The van der Waals surface area contributed by atoms with Crippen molar-refractivity contribution in [2.75, 3.05) is 11.9 Å². The second-order valence-electron chi connectivity index (χ2n) is 6.58. The molecule has 1 unspecified atom stereocenters. The number of aliphatic carboxylic acids is 2. The van der Waals surface area contributed by atoms with Crippen LogP contribution in [0.2, 0.25) is 0 Å². The number of amides is 1. The van der Waals surface area contributed by atoms with E-state index in [0.29, 0.717) is 15.8 Å². The van der Waals surface area contributed by atoms with E-state index >= 15 is 0 Å². The lowest BCUT2D eigenvalue weighted by Crippen LogP contribution is -2.42. The number of aromatic nitrogens is 1. The summed E-state index contributed by atoms with van der Waals surface area (Å²) in [6.45, 7) is 1.60. The van der Waals surface area contributed by atoms with Crippen molar-refractivity contribution in [3.8, 4) is 0 Å². The van der Waals surface area contributed by atoms with Gasteiger partial charge >= 0.3 is 19.5 Å². The van der Waals surface area contributed by atoms with Crippen molar-refractivity contribution in [1.29, 1.82) is 0 Å². The molecule has 2 aromatic rings. The molecular weight excluding hydrogens is 435 g/mol. The van der Waals surface area contributed by atoms with Crippen molar-refractivity contribution in [3.63, 3.8) is 0 Å². The average molecular weight is 458 g/mol. The van der Waals surface area contributed by atoms with Gasteiger partial charge < -0.3 is 29.9 Å². The first-order valence-corrected chi connectivity index (χ1v) is 11.8. The number of nitrogens with zero attached hydrogens (tertiary/aromatic N) is 1. The minimum absolute atomic E-state index is 0.0556. The molecule has 10 nitrogen and oxygen atoms in total. The van der Waals surface area contributed by atoms with E-state index in [1.807, 2.05) is 0 Å². The predicted molar refractivity (Wildman–Crippen MR) is 111 cm³/mol. The van der Waals surface area contributed by atoms with Crippen LogP contribution in [0.15, 0.2) is 35.5 Å². The molecule has 1 heterocycles. The Kier molecular flexibility index (Phi) is 8.08. The summed E-state index contributed by atoms with van der Waals surface area (Å²) < 4.78 is 12.6. The van der Waals surface area contributed by atoms with Gasteiger partial charge in [0.05, 0.1) is 11.2 Å². The molecule has 1 aromatic carbocycles. The molecule has 0 spiro atoms. The Hall–Kier alpha value is -2.33. The first-order chi connectivity index (χ1) is 14.0. The Labute approximate surface area is 176 Å². The number of hydrogen-bond donors (Lipinski definition) is 5. The largest absolute Gasteiger partial charge is 0.480 e. The van der Waals surface area contributed by atoms with Gasteiger partial charge in [0.15, 0.2) is 0 Å². The first-order valence-electron chi connectivity index (χ1n) is 9.05. The van der Waals surface area contributed by atoms with E-state index in [4.69, 9.17) is 9.79 Å². The van der Waals surface area contributed by atoms with Crippen molar-refractivity contribution in [2.45, 2.75) is 36.9 Å². The molecule has 0 aliphatic rings. The molecule has 12 heteroatoms. The van der Waals surface area contributed by atoms with Gasteiger partial charge in [-0.15, -0.1) is 11.8 Å². The van der Waals surface area contributed by atoms with E-state index in [1.54, 1.807) is 37.4 Å². The van der Waals surface area contributed by atoms with E-state index in [-0.39, 0.29) is 18.6 Å². The van der Waals surface area contributed by atoms with Crippen LogP contribution in [0.4, 0.5) is 0 Å². The molecule has 0 fully saturated rings. The van der Waals surface area contributed by atoms with Crippen molar-refractivity contribution in [2.24, 2.45) is 0 Å². The average Bonchev–Trinajstić information content (AvgIpc) is 3.01. The number of fused-ring (bicyclic) bond motifs is 1. The van der Waals surface area contributed by atoms with E-state index in [0.717, 1.165) is 11.8 Å². The summed E-state index contributed by atoms with van der Waals surface area (Å²) in [7, 11) is -4.40. The van der Waals surface area contributed by atoms with Crippen LogP contribution in [0.25, 0.3) is 10.8 Å².